The number of halogens is 1. The van der Waals surface area contributed by atoms with Crippen molar-refractivity contribution in [1.82, 2.24) is 9.88 Å². The fraction of sp³-hybridized carbons (Fsp3) is 0.259. The quantitative estimate of drug-likeness (QED) is 0.517. The molecule has 33 heavy (non-hydrogen) atoms. The van der Waals surface area contributed by atoms with Crippen molar-refractivity contribution in [2.24, 2.45) is 0 Å². The van der Waals surface area contributed by atoms with E-state index in [4.69, 9.17) is 4.74 Å². The number of benzene rings is 2. The summed E-state index contributed by atoms with van der Waals surface area (Å²) in [5, 5.41) is 2.91. The zero-order chi connectivity index (χ0) is 23.0. The highest BCUT2D eigenvalue weighted by Gasteiger charge is 2.19. The molecule has 0 bridgehead atoms. The summed E-state index contributed by atoms with van der Waals surface area (Å²) >= 11 is 0. The van der Waals surface area contributed by atoms with E-state index >= 15 is 0 Å². The number of hydrogen-bond donors (Lipinski definition) is 1. The van der Waals surface area contributed by atoms with Crippen LogP contribution in [-0.2, 0) is 6.42 Å². The fourth-order valence-corrected chi connectivity index (χ4v) is 3.75. The lowest BCUT2D eigenvalue weighted by atomic mass is 10.0. The number of aryl methyl sites for hydroxylation is 1. The van der Waals surface area contributed by atoms with Gasteiger partial charge in [0.1, 0.15) is 11.6 Å². The van der Waals surface area contributed by atoms with Crippen LogP contribution in [-0.4, -0.2) is 35.6 Å². The number of rotatable bonds is 6. The van der Waals surface area contributed by atoms with Gasteiger partial charge in [-0.25, -0.2) is 9.18 Å². The van der Waals surface area contributed by atoms with E-state index in [9.17, 15) is 9.18 Å². The maximum Gasteiger partial charge on any atom is 0.321 e. The third-order valence-corrected chi connectivity index (χ3v) is 5.66. The molecule has 5 nitrogen and oxygen atoms in total. The van der Waals surface area contributed by atoms with Crippen molar-refractivity contribution >= 4 is 17.8 Å². The Bertz CT molecular complexity index is 1100. The molecule has 1 aromatic heterocycles. The molecule has 2 heterocycles. The van der Waals surface area contributed by atoms with Crippen LogP contribution in [0.1, 0.15) is 29.7 Å². The number of amides is 2. The minimum atomic E-state index is -0.226. The Morgan fingerprint density at radius 2 is 1.91 bits per heavy atom. The molecule has 1 aliphatic rings. The first kappa shape index (κ1) is 22.5. The Hall–Kier alpha value is -3.67. The third kappa shape index (κ3) is 6.65. The number of carbonyl (C=O) groups excluding carboxylic acids is 1. The van der Waals surface area contributed by atoms with Crippen LogP contribution < -0.4 is 10.1 Å². The number of hydrogen-bond acceptors (Lipinski definition) is 3. The highest BCUT2D eigenvalue weighted by molar-refractivity contribution is 5.89. The third-order valence-electron chi connectivity index (χ3n) is 5.66. The summed E-state index contributed by atoms with van der Waals surface area (Å²) in [6.07, 6.45) is 6.27. The molecule has 2 aromatic carbocycles. The first-order chi connectivity index (χ1) is 16.0. The highest BCUT2D eigenvalue weighted by atomic mass is 19.1. The zero-order valence-electron chi connectivity index (χ0n) is 18.8. The van der Waals surface area contributed by atoms with Gasteiger partial charge in [0.15, 0.2) is 0 Å². The summed E-state index contributed by atoms with van der Waals surface area (Å²) in [7, 11) is 0. The van der Waals surface area contributed by atoms with Gasteiger partial charge < -0.3 is 15.0 Å². The van der Waals surface area contributed by atoms with Gasteiger partial charge in [0.25, 0.3) is 0 Å². The standard InChI is InChI=1S/C27H28FN3O2/c1-20-5-10-25(19-29-20)30-27(32)31-14-11-22(12-15-31)17-23-3-2-4-26(18-23)33-16-13-21-6-8-24(28)9-7-21/h2-10,17-19H,11-16H2,1H3,(H,30,32). The molecule has 0 radical (unpaired) electrons. The van der Waals surface area contributed by atoms with Crippen molar-refractivity contribution in [2.75, 3.05) is 25.0 Å². The average molecular weight is 446 g/mol. The second-order valence-electron chi connectivity index (χ2n) is 8.21. The van der Waals surface area contributed by atoms with E-state index in [1.165, 1.54) is 17.7 Å². The van der Waals surface area contributed by atoms with E-state index in [-0.39, 0.29) is 11.8 Å². The number of ether oxygens (including phenoxy) is 1. The van der Waals surface area contributed by atoms with Crippen molar-refractivity contribution < 1.29 is 13.9 Å². The molecule has 4 rings (SSSR count). The normalized spacial score (nSPS) is 13.5. The molecule has 6 heteroatoms. The molecule has 0 atom stereocenters. The van der Waals surface area contributed by atoms with Crippen molar-refractivity contribution in [3.8, 4) is 5.75 Å². The monoisotopic (exact) mass is 445 g/mol. The lowest BCUT2D eigenvalue weighted by molar-refractivity contribution is 0.208. The Kier molecular flexibility index (Phi) is 7.35. The number of urea groups is 1. The molecular formula is C27H28FN3O2. The van der Waals surface area contributed by atoms with Gasteiger partial charge in [-0.15, -0.1) is 0 Å². The van der Waals surface area contributed by atoms with Gasteiger partial charge in [0.2, 0.25) is 0 Å². The largest absolute Gasteiger partial charge is 0.493 e. The summed E-state index contributed by atoms with van der Waals surface area (Å²) in [6.45, 7) is 3.82. The number of nitrogens with zero attached hydrogens (tertiary/aromatic N) is 2. The highest BCUT2D eigenvalue weighted by Crippen LogP contribution is 2.22. The fourth-order valence-electron chi connectivity index (χ4n) is 3.75. The van der Waals surface area contributed by atoms with Crippen LogP contribution in [0.3, 0.4) is 0 Å². The second-order valence-corrected chi connectivity index (χ2v) is 8.21. The van der Waals surface area contributed by atoms with E-state index in [1.54, 1.807) is 18.3 Å². The van der Waals surface area contributed by atoms with Crippen LogP contribution in [0.2, 0.25) is 0 Å². The number of carbonyl (C=O) groups is 1. The maximum atomic E-state index is 13.0. The number of likely N-dealkylation sites (tertiary alicyclic amines) is 1. The minimum absolute atomic E-state index is 0.0868. The Morgan fingerprint density at radius 1 is 1.12 bits per heavy atom. The molecule has 1 N–H and O–H groups in total. The van der Waals surface area contributed by atoms with Gasteiger partial charge in [-0.1, -0.05) is 35.9 Å². The molecule has 3 aromatic rings. The summed E-state index contributed by atoms with van der Waals surface area (Å²) in [5.74, 6) is 0.588. The van der Waals surface area contributed by atoms with E-state index in [0.717, 1.165) is 41.8 Å². The zero-order valence-corrected chi connectivity index (χ0v) is 18.8. The van der Waals surface area contributed by atoms with Crippen LogP contribution in [0.25, 0.3) is 6.08 Å². The van der Waals surface area contributed by atoms with Gasteiger partial charge in [-0.2, -0.15) is 0 Å². The SMILES string of the molecule is Cc1ccc(NC(=O)N2CCC(=Cc3cccc(OCCc4ccc(F)cc4)c3)CC2)cn1. The lowest BCUT2D eigenvalue weighted by Gasteiger charge is -2.28. The van der Waals surface area contributed by atoms with Crippen LogP contribution in [0.4, 0.5) is 14.9 Å². The number of anilines is 1. The second kappa shape index (κ2) is 10.8. The van der Waals surface area contributed by atoms with Gasteiger partial charge in [-0.05, 0) is 67.3 Å². The van der Waals surface area contributed by atoms with Crippen LogP contribution >= 0.6 is 0 Å². The van der Waals surface area contributed by atoms with Gasteiger partial charge in [-0.3, -0.25) is 4.98 Å². The first-order valence-electron chi connectivity index (χ1n) is 11.2. The number of nitrogens with one attached hydrogen (secondary N) is 1. The van der Waals surface area contributed by atoms with E-state index in [0.29, 0.717) is 25.4 Å². The van der Waals surface area contributed by atoms with Crippen LogP contribution in [0.5, 0.6) is 5.75 Å². The van der Waals surface area contributed by atoms with Gasteiger partial charge in [0, 0.05) is 25.2 Å². The molecule has 170 valence electrons. The summed E-state index contributed by atoms with van der Waals surface area (Å²) in [4.78, 5) is 18.6. The summed E-state index contributed by atoms with van der Waals surface area (Å²) in [6, 6.07) is 18.2. The van der Waals surface area contributed by atoms with E-state index < -0.39 is 0 Å². The van der Waals surface area contributed by atoms with Gasteiger partial charge >= 0.3 is 6.03 Å². The molecular weight excluding hydrogens is 417 g/mol. The predicted octanol–water partition coefficient (Wildman–Crippen LogP) is 5.86. The van der Waals surface area contributed by atoms with E-state index in [2.05, 4.69) is 22.4 Å². The molecule has 0 spiro atoms. The molecule has 1 fully saturated rings. The van der Waals surface area contributed by atoms with Crippen LogP contribution in [0.15, 0.2) is 72.4 Å². The predicted molar refractivity (Wildman–Crippen MR) is 129 cm³/mol. The van der Waals surface area contributed by atoms with Gasteiger partial charge in [0.05, 0.1) is 18.5 Å². The molecule has 0 aliphatic carbocycles. The topological polar surface area (TPSA) is 54.5 Å². The maximum absolute atomic E-state index is 13.0. The number of piperidine rings is 1. The Morgan fingerprint density at radius 3 is 2.64 bits per heavy atom. The number of pyridine rings is 1. The lowest BCUT2D eigenvalue weighted by Crippen LogP contribution is -2.39. The Balaban J connectivity index is 1.26. The van der Waals surface area contributed by atoms with E-state index in [1.807, 2.05) is 42.2 Å². The molecule has 0 unspecified atom stereocenters. The van der Waals surface area contributed by atoms with Crippen molar-refractivity contribution in [1.29, 1.82) is 0 Å². The summed E-state index contributed by atoms with van der Waals surface area (Å²) < 4.78 is 18.9. The molecule has 2 amide bonds. The summed E-state index contributed by atoms with van der Waals surface area (Å²) in [5.41, 5.74) is 5.09. The van der Waals surface area contributed by atoms with Crippen molar-refractivity contribution in [3.05, 3.63) is 95.1 Å². The molecule has 1 aliphatic heterocycles. The first-order valence-corrected chi connectivity index (χ1v) is 11.2. The average Bonchev–Trinajstić information content (AvgIpc) is 2.83. The Labute approximate surface area is 193 Å². The molecule has 0 saturated carbocycles. The minimum Gasteiger partial charge on any atom is -0.493 e. The number of aromatic nitrogens is 1. The van der Waals surface area contributed by atoms with Crippen molar-refractivity contribution in [2.45, 2.75) is 26.2 Å². The molecule has 1 saturated heterocycles. The van der Waals surface area contributed by atoms with Crippen LogP contribution in [0, 0.1) is 12.7 Å². The van der Waals surface area contributed by atoms with Crippen molar-refractivity contribution in [3.63, 3.8) is 0 Å². The smallest absolute Gasteiger partial charge is 0.321 e.